The normalized spacial score (nSPS) is 14.5. The van der Waals surface area contributed by atoms with Crippen molar-refractivity contribution in [3.63, 3.8) is 0 Å². The Morgan fingerprint density at radius 1 is 1.18 bits per heavy atom. The van der Waals surface area contributed by atoms with Gasteiger partial charge < -0.3 is 15.2 Å². The molecule has 2 aromatic rings. The fraction of sp³-hybridized carbons (Fsp3) is 0.571. The zero-order chi connectivity index (χ0) is 24.9. The number of carbonyl (C=O) groups is 2. The van der Waals surface area contributed by atoms with Crippen LogP contribution in [-0.2, 0) is 36.9 Å². The Bertz CT molecular complexity index is 1040. The van der Waals surface area contributed by atoms with Gasteiger partial charge in [0.1, 0.15) is 19.0 Å². The second-order valence-electron chi connectivity index (χ2n) is 10.0. The maximum atomic E-state index is 13.3. The molecule has 6 heteroatoms. The number of ketones is 1. The van der Waals surface area contributed by atoms with Crippen LogP contribution in [0.15, 0.2) is 12.1 Å². The summed E-state index contributed by atoms with van der Waals surface area (Å²) in [6.07, 6.45) is 6.32. The Labute approximate surface area is 207 Å². The average molecular weight is 486 g/mol. The molecule has 3 rings (SSSR count). The van der Waals surface area contributed by atoms with Crippen molar-refractivity contribution in [1.82, 2.24) is 5.32 Å². The maximum Gasteiger partial charge on any atom is 0.245 e. The molecular weight excluding hydrogens is 446 g/mol. The minimum Gasteiger partial charge on any atom is -0.491 e. The van der Waals surface area contributed by atoms with Gasteiger partial charge in [0.05, 0.1) is 11.4 Å². The van der Waals surface area contributed by atoms with Gasteiger partial charge in [-0.2, -0.15) is 0 Å². The van der Waals surface area contributed by atoms with Gasteiger partial charge in [-0.3, -0.25) is 9.59 Å². The highest BCUT2D eigenvalue weighted by Gasteiger charge is 2.31. The van der Waals surface area contributed by atoms with E-state index in [1.165, 1.54) is 16.0 Å². The van der Waals surface area contributed by atoms with E-state index in [1.807, 2.05) is 6.92 Å². The number of fused-ring (bicyclic) bond motifs is 1. The number of Topliss-reactive ketones (excluding diaryl/α,β-unsaturated/α-hetero) is 1. The van der Waals surface area contributed by atoms with E-state index in [9.17, 15) is 9.59 Å². The first-order valence-electron chi connectivity index (χ1n) is 12.5. The summed E-state index contributed by atoms with van der Waals surface area (Å²) in [5.41, 5.74) is 6.41. The number of carbonyl (C=O) groups excluding carboxylic acids is 2. The van der Waals surface area contributed by atoms with Gasteiger partial charge in [-0.25, -0.2) is 0 Å². The molecule has 0 saturated heterocycles. The summed E-state index contributed by atoms with van der Waals surface area (Å²) < 4.78 is 5.94. The summed E-state index contributed by atoms with van der Waals surface area (Å²) in [5.74, 6) is 0.715. The van der Waals surface area contributed by atoms with E-state index in [-0.39, 0.29) is 5.78 Å². The summed E-state index contributed by atoms with van der Waals surface area (Å²) in [6, 6.07) is 4.25. The van der Waals surface area contributed by atoms with Crippen LogP contribution in [0.3, 0.4) is 0 Å². The highest BCUT2D eigenvalue weighted by molar-refractivity contribution is 7.14. The van der Waals surface area contributed by atoms with E-state index in [2.05, 4.69) is 45.1 Å². The Hall–Kier alpha value is -2.18. The monoisotopic (exact) mass is 485 g/mol. The van der Waals surface area contributed by atoms with Crippen LogP contribution in [0, 0.1) is 12.3 Å². The first-order chi connectivity index (χ1) is 16.2. The van der Waals surface area contributed by atoms with Crippen LogP contribution in [0.4, 0.5) is 0 Å². The smallest absolute Gasteiger partial charge is 0.245 e. The van der Waals surface area contributed by atoms with Crippen LogP contribution in [0.5, 0.6) is 5.75 Å². The van der Waals surface area contributed by atoms with E-state index < -0.39 is 12.5 Å². The van der Waals surface area contributed by atoms with Crippen molar-refractivity contribution >= 4 is 23.0 Å². The molecule has 0 bridgehead atoms. The minimum atomic E-state index is -0.515. The summed E-state index contributed by atoms with van der Waals surface area (Å²) in [4.78, 5) is 26.8. The number of aryl methyl sites for hydroxylation is 4. The third-order valence-corrected chi connectivity index (χ3v) is 8.19. The fourth-order valence-electron chi connectivity index (χ4n) is 4.87. The lowest BCUT2D eigenvalue weighted by molar-refractivity contribution is -0.123. The molecule has 5 nitrogen and oxygen atoms in total. The summed E-state index contributed by atoms with van der Waals surface area (Å²) in [5, 5.41) is 11.4. The van der Waals surface area contributed by atoms with Crippen LogP contribution in [-0.4, -0.2) is 36.6 Å². The molecule has 186 valence electrons. The Kier molecular flexibility index (Phi) is 8.94. The summed E-state index contributed by atoms with van der Waals surface area (Å²) in [7, 11) is 0. The summed E-state index contributed by atoms with van der Waals surface area (Å²) in [6.45, 7) is 11.2. The van der Waals surface area contributed by atoms with Crippen molar-refractivity contribution < 1.29 is 19.4 Å². The average Bonchev–Trinajstić information content (AvgIpc) is 3.17. The highest BCUT2D eigenvalue weighted by atomic mass is 32.1. The van der Waals surface area contributed by atoms with E-state index in [0.29, 0.717) is 25.0 Å². The number of aliphatic hydroxyl groups excluding tert-OH is 1. The zero-order valence-electron chi connectivity index (χ0n) is 21.3. The fourth-order valence-corrected chi connectivity index (χ4v) is 6.15. The molecule has 1 heterocycles. The number of aliphatic hydroxyl groups is 1. The van der Waals surface area contributed by atoms with E-state index in [0.717, 1.165) is 65.8 Å². The largest absolute Gasteiger partial charge is 0.491 e. The zero-order valence-corrected chi connectivity index (χ0v) is 22.1. The van der Waals surface area contributed by atoms with Crippen molar-refractivity contribution in [1.29, 1.82) is 0 Å². The van der Waals surface area contributed by atoms with Crippen LogP contribution in [0.2, 0.25) is 0 Å². The number of hydrogen-bond donors (Lipinski definition) is 2. The predicted molar refractivity (Wildman–Crippen MR) is 138 cm³/mol. The van der Waals surface area contributed by atoms with Crippen molar-refractivity contribution in [3.05, 3.63) is 49.7 Å². The molecule has 0 spiro atoms. The SMILES string of the molecule is CCc1cc(CCC(=O)c2sc(CC)c3c2CCC(C)(C)C3)cc(C)c1OCCNC(=O)CO. The second-order valence-corrected chi connectivity index (χ2v) is 11.1. The van der Waals surface area contributed by atoms with Crippen LogP contribution in [0.25, 0.3) is 0 Å². The van der Waals surface area contributed by atoms with Crippen molar-refractivity contribution in [3.8, 4) is 5.75 Å². The van der Waals surface area contributed by atoms with Crippen molar-refractivity contribution in [2.45, 2.75) is 79.6 Å². The Morgan fingerprint density at radius 3 is 2.62 bits per heavy atom. The molecule has 34 heavy (non-hydrogen) atoms. The van der Waals surface area contributed by atoms with Gasteiger partial charge in [-0.1, -0.05) is 39.8 Å². The van der Waals surface area contributed by atoms with Gasteiger partial charge in [0.15, 0.2) is 5.78 Å². The van der Waals surface area contributed by atoms with E-state index >= 15 is 0 Å². The van der Waals surface area contributed by atoms with Gasteiger partial charge in [0.25, 0.3) is 0 Å². The quantitative estimate of drug-likeness (QED) is 0.347. The highest BCUT2D eigenvalue weighted by Crippen LogP contribution is 2.42. The number of rotatable bonds is 11. The number of nitrogens with one attached hydrogen (secondary N) is 1. The Balaban J connectivity index is 1.68. The molecule has 0 aliphatic heterocycles. The first-order valence-corrected chi connectivity index (χ1v) is 13.3. The van der Waals surface area contributed by atoms with Crippen LogP contribution < -0.4 is 10.1 Å². The third kappa shape index (κ3) is 6.28. The number of hydrogen-bond acceptors (Lipinski definition) is 5. The molecule has 1 aromatic heterocycles. The van der Waals surface area contributed by atoms with Gasteiger partial charge in [-0.05, 0) is 78.7 Å². The first kappa shape index (κ1) is 26.4. The lowest BCUT2D eigenvalue weighted by Gasteiger charge is -2.30. The van der Waals surface area contributed by atoms with Gasteiger partial charge in [0.2, 0.25) is 5.91 Å². The second kappa shape index (κ2) is 11.5. The molecule has 1 aliphatic carbocycles. The Morgan fingerprint density at radius 2 is 1.94 bits per heavy atom. The third-order valence-electron chi connectivity index (χ3n) is 6.73. The predicted octanol–water partition coefficient (Wildman–Crippen LogP) is 5.00. The van der Waals surface area contributed by atoms with E-state index in [4.69, 9.17) is 9.84 Å². The molecule has 0 atom stereocenters. The lowest BCUT2D eigenvalue weighted by atomic mass is 9.74. The molecule has 0 saturated carbocycles. The van der Waals surface area contributed by atoms with Crippen molar-refractivity contribution in [2.75, 3.05) is 19.8 Å². The van der Waals surface area contributed by atoms with Gasteiger partial charge in [-0.15, -0.1) is 11.3 Å². The topological polar surface area (TPSA) is 75.6 Å². The van der Waals surface area contributed by atoms with Gasteiger partial charge in [0, 0.05) is 11.3 Å². The molecule has 1 amide bonds. The number of thiophene rings is 1. The van der Waals surface area contributed by atoms with Gasteiger partial charge >= 0.3 is 0 Å². The molecular formula is C28H39NO4S. The molecule has 0 radical (unpaired) electrons. The number of benzene rings is 1. The van der Waals surface area contributed by atoms with E-state index in [1.54, 1.807) is 11.3 Å². The number of amides is 1. The van der Waals surface area contributed by atoms with Crippen molar-refractivity contribution in [2.24, 2.45) is 5.41 Å². The molecule has 2 N–H and O–H groups in total. The standard InChI is InChI=1S/C28H39NO4S/c1-6-20-15-19(14-18(3)26(20)33-13-12-29-25(32)17-30)8-9-23(31)27-21-10-11-28(4,5)16-22(21)24(7-2)34-27/h14-15,30H,6-13,16-17H2,1-5H3,(H,29,32). The molecule has 0 fully saturated rings. The number of ether oxygens (including phenoxy) is 1. The van der Waals surface area contributed by atoms with Crippen LogP contribution >= 0.6 is 11.3 Å². The summed E-state index contributed by atoms with van der Waals surface area (Å²) >= 11 is 1.73. The maximum absolute atomic E-state index is 13.3. The minimum absolute atomic E-state index is 0.274. The molecule has 0 unspecified atom stereocenters. The lowest BCUT2D eigenvalue weighted by Crippen LogP contribution is -2.30. The molecule has 1 aromatic carbocycles. The molecule has 1 aliphatic rings. The van der Waals surface area contributed by atoms with Crippen LogP contribution in [0.1, 0.15) is 82.9 Å².